The van der Waals surface area contributed by atoms with Gasteiger partial charge in [0.15, 0.2) is 4.77 Å². The van der Waals surface area contributed by atoms with E-state index in [-0.39, 0.29) is 27.3 Å². The van der Waals surface area contributed by atoms with Gasteiger partial charge in [-0.25, -0.2) is 4.39 Å². The summed E-state index contributed by atoms with van der Waals surface area (Å²) >= 11 is 11.2. The second-order valence-corrected chi connectivity index (χ2v) is 8.03. The Labute approximate surface area is 176 Å². The number of fused-ring (bicyclic) bond motifs is 1. The molecule has 1 saturated carbocycles. The molecule has 0 unspecified atom stereocenters. The number of rotatable bonds is 3. The van der Waals surface area contributed by atoms with Gasteiger partial charge in [-0.2, -0.15) is 0 Å². The number of carbonyl (C=O) groups excluding carboxylic acids is 1. The molecule has 1 aliphatic rings. The summed E-state index contributed by atoms with van der Waals surface area (Å²) in [5.74, 6) is -0.736. The second kappa shape index (κ2) is 8.08. The van der Waals surface area contributed by atoms with Gasteiger partial charge in [0.1, 0.15) is 5.82 Å². The van der Waals surface area contributed by atoms with Crippen LogP contribution in [0.15, 0.2) is 41.2 Å². The largest absolute Gasteiger partial charge is 0.349 e. The molecule has 0 saturated heterocycles. The van der Waals surface area contributed by atoms with Crippen molar-refractivity contribution in [2.75, 3.05) is 0 Å². The molecule has 5 nitrogen and oxygen atoms in total. The topological polar surface area (TPSA) is 66.9 Å². The van der Waals surface area contributed by atoms with Gasteiger partial charge >= 0.3 is 0 Å². The highest BCUT2D eigenvalue weighted by Crippen LogP contribution is 2.20. The van der Waals surface area contributed by atoms with Gasteiger partial charge in [0.05, 0.1) is 21.6 Å². The number of halogens is 2. The standard InChI is InChI=1S/C21H19ClFN3O2S/c22-16-11-14(7-9-17(16)23)26-20(28)15-8-6-12(10-18(15)25-21(26)29)19(27)24-13-4-2-1-3-5-13/h6-11,13H,1-5H2,(H,24,27)(H,25,29). The van der Waals surface area contributed by atoms with Crippen LogP contribution in [0.5, 0.6) is 0 Å². The van der Waals surface area contributed by atoms with E-state index in [0.717, 1.165) is 25.7 Å². The van der Waals surface area contributed by atoms with E-state index in [0.29, 0.717) is 22.2 Å². The van der Waals surface area contributed by atoms with Gasteiger partial charge in [-0.3, -0.25) is 14.2 Å². The van der Waals surface area contributed by atoms with Crippen molar-refractivity contribution < 1.29 is 9.18 Å². The summed E-state index contributed by atoms with van der Waals surface area (Å²) in [4.78, 5) is 28.6. The molecule has 0 bridgehead atoms. The van der Waals surface area contributed by atoms with E-state index in [9.17, 15) is 14.0 Å². The van der Waals surface area contributed by atoms with Gasteiger partial charge < -0.3 is 10.3 Å². The number of H-pyrrole nitrogens is 1. The molecule has 0 spiro atoms. The SMILES string of the molecule is O=C(NC1CCCCC1)c1ccc2c(=O)n(-c3ccc(F)c(Cl)c3)c(=S)[nH]c2c1. The zero-order chi connectivity index (χ0) is 20.5. The van der Waals surface area contributed by atoms with Crippen LogP contribution in [0.3, 0.4) is 0 Å². The van der Waals surface area contributed by atoms with Gasteiger partial charge in [-0.1, -0.05) is 30.9 Å². The van der Waals surface area contributed by atoms with Crippen molar-refractivity contribution in [1.82, 2.24) is 14.9 Å². The fourth-order valence-electron chi connectivity index (χ4n) is 3.73. The second-order valence-electron chi connectivity index (χ2n) is 7.24. The number of aromatic nitrogens is 2. The number of aromatic amines is 1. The Morgan fingerprint density at radius 3 is 2.66 bits per heavy atom. The first-order valence-corrected chi connectivity index (χ1v) is 10.3. The molecule has 1 aliphatic carbocycles. The van der Waals surface area contributed by atoms with Crippen LogP contribution in [-0.4, -0.2) is 21.5 Å². The lowest BCUT2D eigenvalue weighted by molar-refractivity contribution is 0.0928. The van der Waals surface area contributed by atoms with E-state index in [1.54, 1.807) is 18.2 Å². The van der Waals surface area contributed by atoms with Crippen LogP contribution in [0.1, 0.15) is 42.5 Å². The van der Waals surface area contributed by atoms with Crippen molar-refractivity contribution in [2.45, 2.75) is 38.1 Å². The van der Waals surface area contributed by atoms with Crippen LogP contribution in [0.2, 0.25) is 5.02 Å². The van der Waals surface area contributed by atoms with Crippen molar-refractivity contribution >= 4 is 40.6 Å². The highest BCUT2D eigenvalue weighted by Gasteiger charge is 2.17. The molecule has 1 amide bonds. The Kier molecular flexibility index (Phi) is 5.52. The average Bonchev–Trinajstić information content (AvgIpc) is 2.71. The zero-order valence-corrected chi connectivity index (χ0v) is 17.1. The lowest BCUT2D eigenvalue weighted by Gasteiger charge is -2.22. The fourth-order valence-corrected chi connectivity index (χ4v) is 4.21. The van der Waals surface area contributed by atoms with Crippen LogP contribution in [-0.2, 0) is 0 Å². The molecule has 3 aromatic rings. The summed E-state index contributed by atoms with van der Waals surface area (Å²) in [7, 11) is 0. The molecule has 4 rings (SSSR count). The van der Waals surface area contributed by atoms with Crippen molar-refractivity contribution in [2.24, 2.45) is 0 Å². The van der Waals surface area contributed by atoms with E-state index in [1.165, 1.54) is 29.2 Å². The predicted molar refractivity (Wildman–Crippen MR) is 114 cm³/mol. The normalized spacial score (nSPS) is 14.8. The summed E-state index contributed by atoms with van der Waals surface area (Å²) in [6, 6.07) is 9.01. The first kappa shape index (κ1) is 19.8. The average molecular weight is 432 g/mol. The first-order valence-electron chi connectivity index (χ1n) is 9.49. The molecule has 29 heavy (non-hydrogen) atoms. The molecule has 8 heteroatoms. The molecule has 1 fully saturated rings. The van der Waals surface area contributed by atoms with Crippen molar-refractivity contribution in [3.05, 3.63) is 67.9 Å². The van der Waals surface area contributed by atoms with Crippen molar-refractivity contribution in [3.8, 4) is 5.69 Å². The highest BCUT2D eigenvalue weighted by molar-refractivity contribution is 7.71. The molecule has 0 aliphatic heterocycles. The molecule has 0 radical (unpaired) electrons. The van der Waals surface area contributed by atoms with Crippen LogP contribution in [0.4, 0.5) is 4.39 Å². The third kappa shape index (κ3) is 3.97. The molecule has 1 heterocycles. The zero-order valence-electron chi connectivity index (χ0n) is 15.5. The lowest BCUT2D eigenvalue weighted by Crippen LogP contribution is -2.36. The maximum Gasteiger partial charge on any atom is 0.266 e. The van der Waals surface area contributed by atoms with Gasteiger partial charge in [-0.05, 0) is 61.5 Å². The minimum absolute atomic E-state index is 0.0985. The van der Waals surface area contributed by atoms with E-state index in [1.807, 2.05) is 0 Å². The lowest BCUT2D eigenvalue weighted by atomic mass is 9.95. The monoisotopic (exact) mass is 431 g/mol. The minimum Gasteiger partial charge on any atom is -0.349 e. The smallest absolute Gasteiger partial charge is 0.266 e. The van der Waals surface area contributed by atoms with Crippen molar-refractivity contribution in [3.63, 3.8) is 0 Å². The highest BCUT2D eigenvalue weighted by atomic mass is 35.5. The molecule has 0 atom stereocenters. The van der Waals surface area contributed by atoms with Gasteiger partial charge in [-0.15, -0.1) is 0 Å². The van der Waals surface area contributed by atoms with Gasteiger partial charge in [0.25, 0.3) is 11.5 Å². The molecular weight excluding hydrogens is 413 g/mol. The number of benzene rings is 2. The quantitative estimate of drug-likeness (QED) is 0.579. The summed E-state index contributed by atoms with van der Waals surface area (Å²) in [6.45, 7) is 0. The number of carbonyl (C=O) groups is 1. The third-order valence-electron chi connectivity index (χ3n) is 5.26. The maximum atomic E-state index is 13.5. The summed E-state index contributed by atoms with van der Waals surface area (Å²) in [5.41, 5.74) is 0.936. The van der Waals surface area contributed by atoms with Gasteiger partial charge in [0.2, 0.25) is 0 Å². The number of amides is 1. The van der Waals surface area contributed by atoms with E-state index >= 15 is 0 Å². The summed E-state index contributed by atoms with van der Waals surface area (Å²) in [5, 5.41) is 3.34. The molecule has 150 valence electrons. The number of hydrogen-bond acceptors (Lipinski definition) is 3. The Bertz CT molecular complexity index is 1210. The molecular formula is C21H19ClFN3O2S. The van der Waals surface area contributed by atoms with E-state index in [4.69, 9.17) is 23.8 Å². The Morgan fingerprint density at radius 2 is 1.93 bits per heavy atom. The van der Waals surface area contributed by atoms with Crippen LogP contribution in [0, 0.1) is 10.6 Å². The van der Waals surface area contributed by atoms with Crippen LogP contribution < -0.4 is 10.9 Å². The molecule has 1 aromatic heterocycles. The summed E-state index contributed by atoms with van der Waals surface area (Å²) < 4.78 is 14.9. The minimum atomic E-state index is -0.576. The molecule has 2 aromatic carbocycles. The van der Waals surface area contributed by atoms with E-state index in [2.05, 4.69) is 10.3 Å². The van der Waals surface area contributed by atoms with Crippen LogP contribution >= 0.6 is 23.8 Å². The number of nitrogens with zero attached hydrogens (tertiary/aromatic N) is 1. The Hall–Kier alpha value is -2.51. The number of nitrogens with one attached hydrogen (secondary N) is 2. The Morgan fingerprint density at radius 1 is 1.17 bits per heavy atom. The van der Waals surface area contributed by atoms with E-state index < -0.39 is 5.82 Å². The predicted octanol–water partition coefficient (Wildman–Crippen LogP) is 4.90. The van der Waals surface area contributed by atoms with Crippen LogP contribution in [0.25, 0.3) is 16.6 Å². The third-order valence-corrected chi connectivity index (χ3v) is 5.84. The molecule has 2 N–H and O–H groups in total. The Balaban J connectivity index is 1.71. The number of hydrogen-bond donors (Lipinski definition) is 2. The fraction of sp³-hybridized carbons (Fsp3) is 0.286. The first-order chi connectivity index (χ1) is 13.9. The maximum absolute atomic E-state index is 13.5. The van der Waals surface area contributed by atoms with Crippen molar-refractivity contribution in [1.29, 1.82) is 0 Å². The van der Waals surface area contributed by atoms with Gasteiger partial charge in [0, 0.05) is 11.6 Å². The summed E-state index contributed by atoms with van der Waals surface area (Å²) in [6.07, 6.45) is 5.45.